The van der Waals surface area contributed by atoms with Crippen LogP contribution in [0.2, 0.25) is 0 Å². The molecule has 0 amide bonds. The minimum atomic E-state index is -1.64. The Morgan fingerprint density at radius 2 is 1.93 bits per heavy atom. The summed E-state index contributed by atoms with van der Waals surface area (Å²) in [5.41, 5.74) is -0.0999. The lowest BCUT2D eigenvalue weighted by atomic mass is 9.77. The number of hydrogen-bond acceptors (Lipinski definition) is 10. The van der Waals surface area contributed by atoms with Gasteiger partial charge >= 0.3 is 11.9 Å². The van der Waals surface area contributed by atoms with Crippen LogP contribution in [-0.2, 0) is 28.5 Å². The molecule has 3 aliphatic heterocycles. The SMILES string of the molecule is C[C@@H]1OC(=O)C[C@@H]2C(C(=O)O)=CO[C@@H](O[C@H]3O[C@H](CO)[C@@H](O)[C@H](O)[C@H]3O)[C@H]12. The van der Waals surface area contributed by atoms with E-state index in [1.54, 1.807) is 6.92 Å². The molecular weight excluding hydrogens is 368 g/mol. The van der Waals surface area contributed by atoms with Crippen LogP contribution in [0, 0.1) is 11.8 Å². The van der Waals surface area contributed by atoms with E-state index in [0.29, 0.717) is 0 Å². The predicted octanol–water partition coefficient (Wildman–Crippen LogP) is -2.30. The fourth-order valence-electron chi connectivity index (χ4n) is 3.67. The Labute approximate surface area is 153 Å². The van der Waals surface area contributed by atoms with Gasteiger partial charge in [0.05, 0.1) is 30.8 Å². The molecule has 27 heavy (non-hydrogen) atoms. The Hall–Kier alpha value is -1.76. The minimum absolute atomic E-state index is 0.0999. The van der Waals surface area contributed by atoms with Crippen molar-refractivity contribution in [3.8, 4) is 0 Å². The van der Waals surface area contributed by atoms with E-state index in [1.165, 1.54) is 0 Å². The van der Waals surface area contributed by atoms with Gasteiger partial charge in [0.15, 0.2) is 6.29 Å². The van der Waals surface area contributed by atoms with Crippen molar-refractivity contribution in [1.29, 1.82) is 0 Å². The maximum Gasteiger partial charge on any atom is 0.335 e. The smallest absolute Gasteiger partial charge is 0.335 e. The number of carbonyl (C=O) groups is 2. The fraction of sp³-hybridized carbons (Fsp3) is 0.750. The molecule has 3 heterocycles. The van der Waals surface area contributed by atoms with E-state index in [4.69, 9.17) is 18.9 Å². The van der Waals surface area contributed by atoms with E-state index in [-0.39, 0.29) is 12.0 Å². The molecule has 0 aromatic heterocycles. The van der Waals surface area contributed by atoms with Gasteiger partial charge in [-0.3, -0.25) is 4.79 Å². The van der Waals surface area contributed by atoms with Crippen molar-refractivity contribution in [3.05, 3.63) is 11.8 Å². The van der Waals surface area contributed by atoms with Crippen LogP contribution >= 0.6 is 0 Å². The van der Waals surface area contributed by atoms with E-state index in [0.717, 1.165) is 6.26 Å². The third-order valence-electron chi connectivity index (χ3n) is 5.12. The summed E-state index contributed by atoms with van der Waals surface area (Å²) in [5, 5.41) is 48.4. The zero-order valence-electron chi connectivity index (χ0n) is 14.4. The first kappa shape index (κ1) is 20.0. The third kappa shape index (κ3) is 3.66. The van der Waals surface area contributed by atoms with Gasteiger partial charge in [-0.2, -0.15) is 0 Å². The molecule has 2 saturated heterocycles. The number of fused-ring (bicyclic) bond motifs is 1. The van der Waals surface area contributed by atoms with E-state index < -0.39 is 73.5 Å². The Morgan fingerprint density at radius 3 is 2.56 bits per heavy atom. The van der Waals surface area contributed by atoms with Crippen molar-refractivity contribution < 1.29 is 54.1 Å². The average molecular weight is 390 g/mol. The number of aliphatic hydroxyl groups is 4. The van der Waals surface area contributed by atoms with Crippen LogP contribution in [-0.4, -0.2) is 87.2 Å². The second-order valence-electron chi connectivity index (χ2n) is 6.80. The fourth-order valence-corrected chi connectivity index (χ4v) is 3.67. The Balaban J connectivity index is 1.82. The van der Waals surface area contributed by atoms with Gasteiger partial charge in [-0.25, -0.2) is 4.79 Å². The number of esters is 1. The molecule has 11 nitrogen and oxygen atoms in total. The monoisotopic (exact) mass is 390 g/mol. The maximum atomic E-state index is 11.7. The molecule has 5 N–H and O–H groups in total. The summed E-state index contributed by atoms with van der Waals surface area (Å²) in [4.78, 5) is 23.2. The van der Waals surface area contributed by atoms with E-state index in [1.807, 2.05) is 0 Å². The van der Waals surface area contributed by atoms with Crippen LogP contribution in [0.4, 0.5) is 0 Å². The highest BCUT2D eigenvalue weighted by Crippen LogP contribution is 2.41. The van der Waals surface area contributed by atoms with Gasteiger partial charge in [0, 0.05) is 5.92 Å². The summed E-state index contributed by atoms with van der Waals surface area (Å²) in [5.74, 6) is -3.23. The molecule has 0 bridgehead atoms. The van der Waals surface area contributed by atoms with E-state index in [2.05, 4.69) is 0 Å². The highest BCUT2D eigenvalue weighted by atomic mass is 16.8. The largest absolute Gasteiger partial charge is 0.478 e. The summed E-state index contributed by atoms with van der Waals surface area (Å²) >= 11 is 0. The second-order valence-corrected chi connectivity index (χ2v) is 6.80. The first-order chi connectivity index (χ1) is 12.7. The van der Waals surface area contributed by atoms with Gasteiger partial charge in [0.25, 0.3) is 0 Å². The number of rotatable bonds is 4. The highest BCUT2D eigenvalue weighted by molar-refractivity contribution is 5.88. The summed E-state index contributed by atoms with van der Waals surface area (Å²) in [7, 11) is 0. The lowest BCUT2D eigenvalue weighted by Gasteiger charge is -2.45. The molecule has 3 aliphatic rings. The Bertz CT molecular complexity index is 617. The summed E-state index contributed by atoms with van der Waals surface area (Å²) in [6.07, 6.45) is -8.54. The van der Waals surface area contributed by atoms with Gasteiger partial charge in [0.2, 0.25) is 6.29 Å². The lowest BCUT2D eigenvalue weighted by Crippen LogP contribution is -2.61. The number of cyclic esters (lactones) is 1. The van der Waals surface area contributed by atoms with Crippen LogP contribution < -0.4 is 0 Å². The number of aliphatic carboxylic acids is 1. The molecule has 0 aliphatic carbocycles. The summed E-state index contributed by atoms with van der Waals surface area (Å²) < 4.78 is 21.4. The van der Waals surface area contributed by atoms with Crippen LogP contribution in [0.3, 0.4) is 0 Å². The number of carboxylic acid groups (broad SMARTS) is 1. The van der Waals surface area contributed by atoms with Crippen molar-refractivity contribution in [2.45, 2.75) is 56.4 Å². The number of carboxylic acids is 1. The zero-order valence-corrected chi connectivity index (χ0v) is 14.4. The second kappa shape index (κ2) is 7.70. The number of aliphatic hydroxyl groups excluding tert-OH is 4. The highest BCUT2D eigenvalue weighted by Gasteiger charge is 2.51. The van der Waals surface area contributed by atoms with E-state index in [9.17, 15) is 35.1 Å². The molecule has 0 saturated carbocycles. The Kier molecular flexibility index (Phi) is 5.70. The van der Waals surface area contributed by atoms with Crippen LogP contribution in [0.15, 0.2) is 11.8 Å². The molecule has 2 fully saturated rings. The molecule has 3 rings (SSSR count). The minimum Gasteiger partial charge on any atom is -0.478 e. The third-order valence-corrected chi connectivity index (χ3v) is 5.12. The van der Waals surface area contributed by atoms with Gasteiger partial charge < -0.3 is 44.5 Å². The van der Waals surface area contributed by atoms with Gasteiger partial charge in [-0.15, -0.1) is 0 Å². The quantitative estimate of drug-likeness (QED) is 0.327. The van der Waals surface area contributed by atoms with Gasteiger partial charge in [0.1, 0.15) is 30.5 Å². The Morgan fingerprint density at radius 1 is 1.22 bits per heavy atom. The van der Waals surface area contributed by atoms with Crippen molar-refractivity contribution in [2.75, 3.05) is 6.61 Å². The standard InChI is InChI=1S/C16H22O11/c1-5-10-6(2-9(18)25-5)7(14(22)23)4-24-15(10)27-16-13(21)12(20)11(19)8(3-17)26-16/h4-6,8,10-13,15-17,19-21H,2-3H2,1H3,(H,22,23)/t5-,6+,8+,10+,11+,12-,13+,15-,16+/m0/s1. The van der Waals surface area contributed by atoms with Crippen molar-refractivity contribution in [2.24, 2.45) is 11.8 Å². The topological polar surface area (TPSA) is 172 Å². The first-order valence-electron chi connectivity index (χ1n) is 8.48. The number of carbonyl (C=O) groups excluding carboxylic acids is 1. The molecule has 0 radical (unpaired) electrons. The van der Waals surface area contributed by atoms with E-state index >= 15 is 0 Å². The van der Waals surface area contributed by atoms with Gasteiger partial charge in [-0.05, 0) is 6.92 Å². The molecule has 0 spiro atoms. The van der Waals surface area contributed by atoms with Crippen molar-refractivity contribution in [1.82, 2.24) is 0 Å². The molecule has 0 aromatic rings. The van der Waals surface area contributed by atoms with Crippen molar-refractivity contribution in [3.63, 3.8) is 0 Å². The normalized spacial score (nSPS) is 44.6. The van der Waals surface area contributed by atoms with Gasteiger partial charge in [-0.1, -0.05) is 0 Å². The first-order valence-corrected chi connectivity index (χ1v) is 8.48. The summed E-state index contributed by atoms with van der Waals surface area (Å²) in [6.45, 7) is 0.936. The lowest BCUT2D eigenvalue weighted by molar-refractivity contribution is -0.346. The number of hydrogen-bond donors (Lipinski definition) is 5. The molecule has 9 atom stereocenters. The number of ether oxygens (including phenoxy) is 4. The molecule has 11 heteroatoms. The molecule has 152 valence electrons. The average Bonchev–Trinajstić information content (AvgIpc) is 2.61. The predicted molar refractivity (Wildman–Crippen MR) is 82.6 cm³/mol. The van der Waals surface area contributed by atoms with Crippen LogP contribution in [0.5, 0.6) is 0 Å². The van der Waals surface area contributed by atoms with Crippen LogP contribution in [0.1, 0.15) is 13.3 Å². The summed E-state index contributed by atoms with van der Waals surface area (Å²) in [6, 6.07) is 0. The van der Waals surface area contributed by atoms with Crippen molar-refractivity contribution >= 4 is 11.9 Å². The maximum absolute atomic E-state index is 11.7. The van der Waals surface area contributed by atoms with Crippen LogP contribution in [0.25, 0.3) is 0 Å². The molecular formula is C16H22O11. The molecule has 0 aromatic carbocycles. The zero-order chi connectivity index (χ0) is 19.9. The molecule has 0 unspecified atom stereocenters.